The second-order valence-electron chi connectivity index (χ2n) is 10.9. The first kappa shape index (κ1) is 33.4. The van der Waals surface area contributed by atoms with E-state index in [1.807, 2.05) is 31.1 Å². The summed E-state index contributed by atoms with van der Waals surface area (Å²) in [5, 5.41) is 4.38. The van der Waals surface area contributed by atoms with Gasteiger partial charge >= 0.3 is 6.18 Å². The largest absolute Gasteiger partial charge is 0.416 e. The Kier molecular flexibility index (Phi) is 10.8. The highest BCUT2D eigenvalue weighted by atomic mass is 19.4. The van der Waals surface area contributed by atoms with Gasteiger partial charge in [-0.25, -0.2) is 13.5 Å². The van der Waals surface area contributed by atoms with E-state index in [4.69, 9.17) is 0 Å². The van der Waals surface area contributed by atoms with E-state index in [0.29, 0.717) is 25.1 Å². The van der Waals surface area contributed by atoms with Crippen molar-refractivity contribution in [1.29, 1.82) is 0 Å². The average molecular weight is 628 g/mol. The van der Waals surface area contributed by atoms with Crippen LogP contribution in [0.2, 0.25) is 0 Å². The molecule has 7 nitrogen and oxygen atoms in total. The molecular formula is C33H34F5N5O2. The first-order valence-corrected chi connectivity index (χ1v) is 14.4. The standard InChI is InChI=1S/C33H34F5N5O2/c1-4-28-32(45)39-29(17-14-25-6-5-7-27(34)31(25)35)43(40-28)21-30(44)42(19-18-41(2)3)20-22-8-10-23(11-9-22)24-12-15-26(16-13-24)33(36,37)38/h5-13,15-16H,4,14,17-21H2,1-3H3. The summed E-state index contributed by atoms with van der Waals surface area (Å²) in [6.07, 6.45) is -4.01. The normalized spacial score (nSPS) is 11.7. The number of aryl methyl sites for hydroxylation is 3. The minimum atomic E-state index is -4.41. The van der Waals surface area contributed by atoms with E-state index in [0.717, 1.165) is 29.3 Å². The van der Waals surface area contributed by atoms with Gasteiger partial charge in [-0.3, -0.25) is 9.59 Å². The molecular weight excluding hydrogens is 593 g/mol. The Hall–Kier alpha value is -4.45. The maximum absolute atomic E-state index is 14.3. The summed E-state index contributed by atoms with van der Waals surface area (Å²) >= 11 is 0. The molecule has 238 valence electrons. The number of amides is 1. The van der Waals surface area contributed by atoms with Crippen molar-refractivity contribution >= 4 is 5.91 Å². The van der Waals surface area contributed by atoms with Gasteiger partial charge in [0.05, 0.1) is 5.56 Å². The number of hydrogen-bond acceptors (Lipinski definition) is 5. The number of halogens is 5. The van der Waals surface area contributed by atoms with E-state index in [9.17, 15) is 31.5 Å². The molecule has 0 fully saturated rings. The minimum absolute atomic E-state index is 0.0486. The van der Waals surface area contributed by atoms with Gasteiger partial charge in [0, 0.05) is 26.1 Å². The Bertz CT molecular complexity index is 1670. The number of carbonyl (C=O) groups is 1. The molecule has 0 saturated heterocycles. The van der Waals surface area contributed by atoms with Crippen LogP contribution >= 0.6 is 0 Å². The number of likely N-dealkylation sites (N-methyl/N-ethyl adjacent to an activating group) is 1. The molecule has 0 radical (unpaired) electrons. The predicted octanol–water partition coefficient (Wildman–Crippen LogP) is 5.54. The SMILES string of the molecule is CCc1nn(CC(=O)N(CCN(C)C)Cc2ccc(-c3ccc(C(F)(F)F)cc3)cc2)c(CCc2cccc(F)c2F)nc1=O. The van der Waals surface area contributed by atoms with Crippen molar-refractivity contribution in [3.63, 3.8) is 0 Å². The molecule has 0 aliphatic heterocycles. The van der Waals surface area contributed by atoms with Gasteiger partial charge in [0.25, 0.3) is 5.56 Å². The van der Waals surface area contributed by atoms with Gasteiger partial charge in [0.2, 0.25) is 5.91 Å². The molecule has 0 aliphatic rings. The lowest BCUT2D eigenvalue weighted by molar-refractivity contribution is -0.137. The smallest absolute Gasteiger partial charge is 0.335 e. The van der Waals surface area contributed by atoms with E-state index in [2.05, 4.69) is 10.1 Å². The highest BCUT2D eigenvalue weighted by molar-refractivity contribution is 5.76. The third kappa shape index (κ3) is 8.81. The number of carbonyl (C=O) groups excluding carboxylic acids is 1. The minimum Gasteiger partial charge on any atom is -0.335 e. The van der Waals surface area contributed by atoms with Crippen LogP contribution in [0.4, 0.5) is 22.0 Å². The van der Waals surface area contributed by atoms with Crippen LogP contribution in [0.3, 0.4) is 0 Å². The van der Waals surface area contributed by atoms with Crippen molar-refractivity contribution < 1.29 is 26.7 Å². The summed E-state index contributed by atoms with van der Waals surface area (Å²) in [5.74, 6) is -2.05. The van der Waals surface area contributed by atoms with Crippen molar-refractivity contribution in [3.05, 3.63) is 117 Å². The van der Waals surface area contributed by atoms with Crippen molar-refractivity contribution in [2.45, 2.75) is 45.5 Å². The number of rotatable bonds is 12. The van der Waals surface area contributed by atoms with Crippen LogP contribution in [-0.2, 0) is 43.3 Å². The third-order valence-electron chi connectivity index (χ3n) is 7.33. The van der Waals surface area contributed by atoms with Gasteiger partial charge in [-0.2, -0.15) is 23.3 Å². The molecule has 0 aliphatic carbocycles. The van der Waals surface area contributed by atoms with Crippen LogP contribution in [0.1, 0.15) is 35.1 Å². The number of benzene rings is 3. The van der Waals surface area contributed by atoms with E-state index in [1.165, 1.54) is 28.9 Å². The Morgan fingerprint density at radius 1 is 0.889 bits per heavy atom. The van der Waals surface area contributed by atoms with Crippen molar-refractivity contribution in [2.24, 2.45) is 0 Å². The fourth-order valence-corrected chi connectivity index (χ4v) is 4.72. The molecule has 0 N–H and O–H groups in total. The maximum atomic E-state index is 14.3. The second-order valence-corrected chi connectivity index (χ2v) is 10.9. The third-order valence-corrected chi connectivity index (χ3v) is 7.33. The number of alkyl halides is 3. The summed E-state index contributed by atoms with van der Waals surface area (Å²) in [6.45, 7) is 2.72. The summed E-state index contributed by atoms with van der Waals surface area (Å²) in [5.41, 5.74) is 1.21. The zero-order valence-corrected chi connectivity index (χ0v) is 25.2. The first-order chi connectivity index (χ1) is 21.3. The molecule has 0 atom stereocenters. The summed E-state index contributed by atoms with van der Waals surface area (Å²) in [7, 11) is 3.76. The fourth-order valence-electron chi connectivity index (χ4n) is 4.72. The quantitative estimate of drug-likeness (QED) is 0.193. The van der Waals surface area contributed by atoms with E-state index in [1.54, 1.807) is 24.0 Å². The van der Waals surface area contributed by atoms with E-state index < -0.39 is 28.9 Å². The van der Waals surface area contributed by atoms with Crippen LogP contribution in [0.5, 0.6) is 0 Å². The van der Waals surface area contributed by atoms with Crippen molar-refractivity contribution in [3.8, 4) is 11.1 Å². The zero-order valence-electron chi connectivity index (χ0n) is 25.2. The lowest BCUT2D eigenvalue weighted by atomic mass is 10.0. The molecule has 1 aromatic heterocycles. The molecule has 4 rings (SSSR count). The summed E-state index contributed by atoms with van der Waals surface area (Å²) < 4.78 is 68.2. The lowest BCUT2D eigenvalue weighted by Crippen LogP contribution is -2.39. The predicted molar refractivity (Wildman–Crippen MR) is 160 cm³/mol. The van der Waals surface area contributed by atoms with Crippen molar-refractivity contribution in [1.82, 2.24) is 24.6 Å². The molecule has 1 heterocycles. The number of nitrogens with zero attached hydrogens (tertiary/aromatic N) is 5. The first-order valence-electron chi connectivity index (χ1n) is 14.4. The van der Waals surface area contributed by atoms with Gasteiger partial charge in [0.1, 0.15) is 18.1 Å². The maximum Gasteiger partial charge on any atom is 0.416 e. The lowest BCUT2D eigenvalue weighted by Gasteiger charge is -2.25. The molecule has 12 heteroatoms. The monoisotopic (exact) mass is 627 g/mol. The zero-order chi connectivity index (χ0) is 32.7. The molecule has 4 aromatic rings. The fraction of sp³-hybridized carbons (Fsp3) is 0.333. The van der Waals surface area contributed by atoms with E-state index in [-0.39, 0.29) is 48.9 Å². The van der Waals surface area contributed by atoms with Gasteiger partial charge in [-0.15, -0.1) is 0 Å². The summed E-state index contributed by atoms with van der Waals surface area (Å²) in [4.78, 5) is 33.9. The average Bonchev–Trinajstić information content (AvgIpc) is 3.00. The van der Waals surface area contributed by atoms with Gasteiger partial charge in [-0.1, -0.05) is 55.5 Å². The summed E-state index contributed by atoms with van der Waals surface area (Å²) in [6, 6.07) is 16.0. The Morgan fingerprint density at radius 2 is 1.53 bits per heavy atom. The Morgan fingerprint density at radius 3 is 2.13 bits per heavy atom. The molecule has 45 heavy (non-hydrogen) atoms. The molecule has 0 unspecified atom stereocenters. The van der Waals surface area contributed by atoms with Crippen LogP contribution in [0.25, 0.3) is 11.1 Å². The molecule has 1 amide bonds. The van der Waals surface area contributed by atoms with Gasteiger partial charge in [-0.05, 0) is 67.4 Å². The molecule has 3 aromatic carbocycles. The molecule has 0 saturated carbocycles. The molecule has 0 bridgehead atoms. The Balaban J connectivity index is 1.54. The van der Waals surface area contributed by atoms with Crippen LogP contribution in [-0.4, -0.2) is 57.7 Å². The van der Waals surface area contributed by atoms with Crippen LogP contribution in [0, 0.1) is 11.6 Å². The van der Waals surface area contributed by atoms with Crippen molar-refractivity contribution in [2.75, 3.05) is 27.2 Å². The van der Waals surface area contributed by atoms with Crippen LogP contribution in [0.15, 0.2) is 71.5 Å². The molecule has 0 spiro atoms. The van der Waals surface area contributed by atoms with Gasteiger partial charge < -0.3 is 9.80 Å². The highest BCUT2D eigenvalue weighted by Crippen LogP contribution is 2.31. The van der Waals surface area contributed by atoms with E-state index >= 15 is 0 Å². The van der Waals surface area contributed by atoms with Crippen LogP contribution < -0.4 is 5.56 Å². The second kappa shape index (κ2) is 14.6. The number of hydrogen-bond donors (Lipinski definition) is 0. The van der Waals surface area contributed by atoms with Gasteiger partial charge in [0.15, 0.2) is 11.6 Å². The highest BCUT2D eigenvalue weighted by Gasteiger charge is 2.30. The Labute approximate surface area is 257 Å². The topological polar surface area (TPSA) is 71.3 Å². The number of aromatic nitrogens is 3.